The zero-order chi connectivity index (χ0) is 15.8. The summed E-state index contributed by atoms with van der Waals surface area (Å²) in [4.78, 5) is 23.8. The Kier molecular flexibility index (Phi) is 9.81. The monoisotopic (exact) mass is 347 g/mol. The van der Waals surface area contributed by atoms with Crippen LogP contribution in [0, 0.1) is 5.92 Å². The van der Waals surface area contributed by atoms with Crippen LogP contribution in [0.5, 0.6) is 0 Å². The highest BCUT2D eigenvalue weighted by molar-refractivity contribution is 6.34. The summed E-state index contributed by atoms with van der Waals surface area (Å²) in [7, 11) is 1.81. The second-order valence-corrected chi connectivity index (χ2v) is 5.61. The zero-order valence-electron chi connectivity index (χ0n) is 13.0. The Morgan fingerprint density at radius 2 is 1.91 bits per heavy atom. The van der Waals surface area contributed by atoms with E-state index in [1.54, 1.807) is 18.2 Å². The fraction of sp³-hybridized carbons (Fsp3) is 0.467. The summed E-state index contributed by atoms with van der Waals surface area (Å²) in [6.45, 7) is 5.13. The maximum Gasteiger partial charge on any atom is 0.252 e. The van der Waals surface area contributed by atoms with Gasteiger partial charge in [-0.1, -0.05) is 25.4 Å². The lowest BCUT2D eigenvalue weighted by Crippen LogP contribution is -2.30. The number of carbonyl (C=O) groups is 2. The van der Waals surface area contributed by atoms with Gasteiger partial charge < -0.3 is 16.0 Å². The molecule has 0 spiro atoms. The van der Waals surface area contributed by atoms with Crippen LogP contribution < -0.4 is 16.0 Å². The molecular formula is C15H23Cl2N3O2. The van der Waals surface area contributed by atoms with Crippen LogP contribution in [0.25, 0.3) is 0 Å². The minimum Gasteiger partial charge on any atom is -0.351 e. The first kappa shape index (κ1) is 20.7. The Morgan fingerprint density at radius 3 is 2.50 bits per heavy atom. The maximum atomic E-state index is 12.0. The number of anilines is 1. The number of amides is 2. The van der Waals surface area contributed by atoms with Crippen molar-refractivity contribution in [2.45, 2.75) is 20.3 Å². The molecule has 22 heavy (non-hydrogen) atoms. The minimum absolute atomic E-state index is 0. The van der Waals surface area contributed by atoms with Crippen LogP contribution in [0.1, 0.15) is 30.6 Å². The van der Waals surface area contributed by atoms with Gasteiger partial charge >= 0.3 is 0 Å². The molecular weight excluding hydrogens is 325 g/mol. The third-order valence-corrected chi connectivity index (χ3v) is 3.08. The molecule has 0 aromatic heterocycles. The van der Waals surface area contributed by atoms with Crippen molar-refractivity contribution < 1.29 is 9.59 Å². The van der Waals surface area contributed by atoms with Gasteiger partial charge in [0.05, 0.1) is 10.6 Å². The van der Waals surface area contributed by atoms with Gasteiger partial charge in [0.1, 0.15) is 0 Å². The van der Waals surface area contributed by atoms with Crippen molar-refractivity contribution in [2.75, 3.05) is 25.5 Å². The first-order chi connectivity index (χ1) is 9.93. The maximum absolute atomic E-state index is 12.0. The van der Waals surface area contributed by atoms with Crippen molar-refractivity contribution in [3.63, 3.8) is 0 Å². The standard InChI is InChI=1S/C15H22ClN3O2.ClH/c1-10(2)8-14(20)19-11-4-5-13(16)12(9-11)15(21)18-7-6-17-3;/h4-5,9-10,17H,6-8H2,1-3H3,(H,18,21)(H,19,20);1H. The molecule has 3 N–H and O–H groups in total. The molecule has 1 aromatic rings. The van der Waals surface area contributed by atoms with Gasteiger partial charge in [-0.05, 0) is 31.2 Å². The lowest BCUT2D eigenvalue weighted by Gasteiger charge is -2.10. The predicted molar refractivity (Wildman–Crippen MR) is 93.0 cm³/mol. The van der Waals surface area contributed by atoms with Crippen molar-refractivity contribution in [3.05, 3.63) is 28.8 Å². The number of benzene rings is 1. The highest BCUT2D eigenvalue weighted by Crippen LogP contribution is 2.21. The molecule has 0 unspecified atom stereocenters. The zero-order valence-corrected chi connectivity index (χ0v) is 14.6. The van der Waals surface area contributed by atoms with E-state index in [-0.39, 0.29) is 30.1 Å². The molecule has 0 saturated carbocycles. The van der Waals surface area contributed by atoms with Crippen LogP contribution in [-0.4, -0.2) is 32.0 Å². The smallest absolute Gasteiger partial charge is 0.252 e. The van der Waals surface area contributed by atoms with Gasteiger partial charge in [0.25, 0.3) is 5.91 Å². The van der Waals surface area contributed by atoms with Crippen molar-refractivity contribution in [3.8, 4) is 0 Å². The number of likely N-dealkylation sites (N-methyl/N-ethyl adjacent to an activating group) is 1. The number of halogens is 2. The second kappa shape index (κ2) is 10.4. The van der Waals surface area contributed by atoms with Gasteiger partial charge in [0.2, 0.25) is 5.91 Å². The summed E-state index contributed by atoms with van der Waals surface area (Å²) in [6.07, 6.45) is 0.437. The molecule has 0 heterocycles. The molecule has 0 radical (unpaired) electrons. The van der Waals surface area contributed by atoms with Crippen LogP contribution in [0.2, 0.25) is 5.02 Å². The normalized spacial score (nSPS) is 10.0. The summed E-state index contributed by atoms with van der Waals surface area (Å²) in [5.41, 5.74) is 0.930. The average Bonchev–Trinajstić information content (AvgIpc) is 2.40. The average molecular weight is 348 g/mol. The van der Waals surface area contributed by atoms with Gasteiger partial charge in [-0.15, -0.1) is 12.4 Å². The van der Waals surface area contributed by atoms with E-state index in [0.717, 1.165) is 0 Å². The number of nitrogens with one attached hydrogen (secondary N) is 3. The highest BCUT2D eigenvalue weighted by Gasteiger charge is 2.12. The van der Waals surface area contributed by atoms with Crippen molar-refractivity contribution in [2.24, 2.45) is 5.92 Å². The number of carbonyl (C=O) groups excluding carboxylic acids is 2. The van der Waals surface area contributed by atoms with E-state index >= 15 is 0 Å². The third-order valence-electron chi connectivity index (χ3n) is 2.75. The van der Waals surface area contributed by atoms with E-state index in [2.05, 4.69) is 16.0 Å². The molecule has 0 aliphatic rings. The Morgan fingerprint density at radius 1 is 1.23 bits per heavy atom. The first-order valence-electron chi connectivity index (χ1n) is 6.96. The molecule has 7 heteroatoms. The van der Waals surface area contributed by atoms with Crippen molar-refractivity contribution in [1.82, 2.24) is 10.6 Å². The van der Waals surface area contributed by atoms with Crippen LogP contribution in [0.4, 0.5) is 5.69 Å². The topological polar surface area (TPSA) is 70.2 Å². The fourth-order valence-corrected chi connectivity index (χ4v) is 1.96. The van der Waals surface area contributed by atoms with Crippen LogP contribution in [-0.2, 0) is 4.79 Å². The predicted octanol–water partition coefficient (Wildman–Crippen LogP) is 2.70. The SMILES string of the molecule is CNCCNC(=O)c1cc(NC(=O)CC(C)C)ccc1Cl.Cl. The van der Waals surface area contributed by atoms with E-state index in [1.807, 2.05) is 20.9 Å². The summed E-state index contributed by atoms with van der Waals surface area (Å²) in [5.74, 6) is -0.0503. The lowest BCUT2D eigenvalue weighted by molar-refractivity contribution is -0.116. The largest absolute Gasteiger partial charge is 0.351 e. The second-order valence-electron chi connectivity index (χ2n) is 5.20. The molecule has 1 aromatic carbocycles. The van der Waals surface area contributed by atoms with Crippen LogP contribution in [0.3, 0.4) is 0 Å². The van der Waals surface area contributed by atoms with Crippen LogP contribution >= 0.6 is 24.0 Å². The number of hydrogen-bond donors (Lipinski definition) is 3. The van der Waals surface area contributed by atoms with Crippen LogP contribution in [0.15, 0.2) is 18.2 Å². The molecule has 124 valence electrons. The summed E-state index contributed by atoms with van der Waals surface area (Å²) >= 11 is 6.04. The molecule has 0 fully saturated rings. The molecule has 0 aliphatic carbocycles. The summed E-state index contributed by atoms with van der Waals surface area (Å²) in [6, 6.07) is 4.89. The van der Waals surface area contributed by atoms with E-state index in [9.17, 15) is 9.59 Å². The van der Waals surface area contributed by atoms with E-state index in [0.29, 0.717) is 35.8 Å². The van der Waals surface area contributed by atoms with Gasteiger partial charge in [0.15, 0.2) is 0 Å². The third kappa shape index (κ3) is 7.11. The Hall–Kier alpha value is -1.30. The highest BCUT2D eigenvalue weighted by atomic mass is 35.5. The lowest BCUT2D eigenvalue weighted by atomic mass is 10.1. The van der Waals surface area contributed by atoms with Gasteiger partial charge in [-0.25, -0.2) is 0 Å². The molecule has 0 bridgehead atoms. The summed E-state index contributed by atoms with van der Waals surface area (Å²) in [5, 5.41) is 8.83. The van der Waals surface area contributed by atoms with Gasteiger partial charge in [-0.3, -0.25) is 9.59 Å². The Bertz CT molecular complexity index is 508. The molecule has 2 amide bonds. The number of rotatable bonds is 7. The minimum atomic E-state index is -0.254. The summed E-state index contributed by atoms with van der Waals surface area (Å²) < 4.78 is 0. The molecule has 0 aliphatic heterocycles. The quantitative estimate of drug-likeness (QED) is 0.664. The van der Waals surface area contributed by atoms with Gasteiger partial charge in [0, 0.05) is 25.2 Å². The fourth-order valence-electron chi connectivity index (χ4n) is 1.76. The van der Waals surface area contributed by atoms with Crippen molar-refractivity contribution in [1.29, 1.82) is 0 Å². The van der Waals surface area contributed by atoms with E-state index < -0.39 is 0 Å². The Labute approximate surface area is 142 Å². The molecule has 0 atom stereocenters. The van der Waals surface area contributed by atoms with E-state index in [4.69, 9.17) is 11.6 Å². The first-order valence-corrected chi connectivity index (χ1v) is 7.34. The van der Waals surface area contributed by atoms with Crippen molar-refractivity contribution >= 4 is 41.5 Å². The molecule has 5 nitrogen and oxygen atoms in total. The molecule has 1 rings (SSSR count). The van der Waals surface area contributed by atoms with E-state index in [1.165, 1.54) is 0 Å². The van der Waals surface area contributed by atoms with Gasteiger partial charge in [-0.2, -0.15) is 0 Å². The molecule has 0 saturated heterocycles. The number of hydrogen-bond acceptors (Lipinski definition) is 3. The Balaban J connectivity index is 0.00000441.